The largest absolute Gasteiger partial charge is 0.461 e. The van der Waals surface area contributed by atoms with Gasteiger partial charge in [0, 0.05) is 11.6 Å². The van der Waals surface area contributed by atoms with Crippen LogP contribution < -0.4 is 0 Å². The Morgan fingerprint density at radius 2 is 1.96 bits per heavy atom. The minimum Gasteiger partial charge on any atom is -0.461 e. The number of furan rings is 1. The normalized spacial score (nSPS) is 16.8. The Kier molecular flexibility index (Phi) is 5.81. The van der Waals surface area contributed by atoms with Crippen molar-refractivity contribution in [2.45, 2.75) is 26.4 Å². The highest BCUT2D eigenvalue weighted by molar-refractivity contribution is 8.18. The number of rotatable bonds is 6. The zero-order chi connectivity index (χ0) is 19.4. The minimum absolute atomic E-state index is 0.213. The van der Waals surface area contributed by atoms with Gasteiger partial charge in [-0.05, 0) is 37.2 Å². The molecule has 2 amide bonds. The van der Waals surface area contributed by atoms with E-state index in [1.807, 2.05) is 37.3 Å². The summed E-state index contributed by atoms with van der Waals surface area (Å²) in [5, 5.41) is -0.498. The first kappa shape index (κ1) is 19.0. The highest BCUT2D eigenvalue weighted by Gasteiger charge is 2.37. The van der Waals surface area contributed by atoms with E-state index in [4.69, 9.17) is 9.15 Å². The van der Waals surface area contributed by atoms with E-state index >= 15 is 0 Å². The number of carbonyl (C=O) groups is 3. The number of esters is 1. The van der Waals surface area contributed by atoms with Crippen LogP contribution in [0.5, 0.6) is 0 Å². The monoisotopic (exact) mass is 385 g/mol. The molecular formula is C20H19NO5S. The number of ether oxygens (including phenoxy) is 1. The number of benzene rings is 1. The van der Waals surface area contributed by atoms with Crippen molar-refractivity contribution in [3.8, 4) is 11.3 Å². The first-order chi connectivity index (χ1) is 13.0. The summed E-state index contributed by atoms with van der Waals surface area (Å²) in [6.45, 7) is 3.25. The average molecular weight is 385 g/mol. The molecule has 27 heavy (non-hydrogen) atoms. The van der Waals surface area contributed by atoms with Gasteiger partial charge in [-0.3, -0.25) is 19.3 Å². The number of carbonyl (C=O) groups excluding carboxylic acids is 3. The first-order valence-corrected chi connectivity index (χ1v) is 9.39. The molecule has 2 aromatic rings. The minimum atomic E-state index is -0.600. The summed E-state index contributed by atoms with van der Waals surface area (Å²) in [5.74, 6) is 0.000712. The van der Waals surface area contributed by atoms with Crippen LogP contribution in [0.1, 0.15) is 26.0 Å². The maximum Gasteiger partial charge on any atom is 0.326 e. The Morgan fingerprint density at radius 3 is 2.67 bits per heavy atom. The van der Waals surface area contributed by atoms with E-state index in [-0.39, 0.29) is 17.6 Å². The lowest BCUT2D eigenvalue weighted by Crippen LogP contribution is -2.35. The Hall–Kier alpha value is -2.80. The van der Waals surface area contributed by atoms with Crippen molar-refractivity contribution in [3.05, 3.63) is 53.1 Å². The van der Waals surface area contributed by atoms with Crippen LogP contribution in [0.2, 0.25) is 0 Å². The lowest BCUT2D eigenvalue weighted by atomic mass is 10.2. The molecule has 0 unspecified atom stereocenters. The number of imide groups is 1. The Balaban J connectivity index is 1.71. The Bertz CT molecular complexity index is 887. The number of amides is 2. The summed E-state index contributed by atoms with van der Waals surface area (Å²) < 4.78 is 10.9. The second-order valence-electron chi connectivity index (χ2n) is 6.04. The average Bonchev–Trinajstić information content (AvgIpc) is 3.23. The lowest BCUT2D eigenvalue weighted by molar-refractivity contribution is -0.150. The molecule has 0 N–H and O–H groups in total. The van der Waals surface area contributed by atoms with Crippen LogP contribution in [0, 0.1) is 0 Å². The van der Waals surface area contributed by atoms with Crippen molar-refractivity contribution in [3.63, 3.8) is 0 Å². The van der Waals surface area contributed by atoms with E-state index < -0.39 is 17.1 Å². The third-order valence-corrected chi connectivity index (χ3v) is 4.93. The second kappa shape index (κ2) is 8.26. The molecular weight excluding hydrogens is 366 g/mol. The lowest BCUT2D eigenvalue weighted by Gasteiger charge is -2.14. The van der Waals surface area contributed by atoms with Crippen LogP contribution in [0.3, 0.4) is 0 Å². The van der Waals surface area contributed by atoms with Crippen LogP contribution in [0.15, 0.2) is 51.8 Å². The predicted molar refractivity (Wildman–Crippen MR) is 103 cm³/mol. The molecule has 7 heteroatoms. The molecule has 0 bridgehead atoms. The van der Waals surface area contributed by atoms with Crippen molar-refractivity contribution >= 4 is 35.0 Å². The summed E-state index contributed by atoms with van der Waals surface area (Å²) in [6, 6.07) is 13.1. The molecule has 1 atom stereocenters. The van der Waals surface area contributed by atoms with E-state index in [0.717, 1.165) is 22.2 Å². The van der Waals surface area contributed by atoms with Gasteiger partial charge in [0.2, 0.25) is 0 Å². The molecule has 1 aromatic heterocycles. The quantitative estimate of drug-likeness (QED) is 0.544. The number of hydrogen-bond acceptors (Lipinski definition) is 6. The summed E-state index contributed by atoms with van der Waals surface area (Å²) in [5.41, 5.74) is 0.915. The van der Waals surface area contributed by atoms with E-state index in [9.17, 15) is 14.4 Å². The van der Waals surface area contributed by atoms with Gasteiger partial charge in [-0.25, -0.2) is 0 Å². The van der Waals surface area contributed by atoms with Gasteiger partial charge in [-0.1, -0.05) is 37.3 Å². The van der Waals surface area contributed by atoms with Gasteiger partial charge in [0.15, 0.2) is 0 Å². The van der Waals surface area contributed by atoms with Gasteiger partial charge >= 0.3 is 5.97 Å². The molecule has 1 fully saturated rings. The summed E-state index contributed by atoms with van der Waals surface area (Å²) in [7, 11) is 0. The Labute approximate surface area is 161 Å². The van der Waals surface area contributed by atoms with Gasteiger partial charge in [0.05, 0.1) is 11.0 Å². The van der Waals surface area contributed by atoms with Gasteiger partial charge in [0.1, 0.15) is 18.1 Å². The number of nitrogens with zero attached hydrogens (tertiary/aromatic N) is 1. The van der Waals surface area contributed by atoms with Gasteiger partial charge in [-0.2, -0.15) is 0 Å². The van der Waals surface area contributed by atoms with Crippen molar-refractivity contribution < 1.29 is 23.5 Å². The topological polar surface area (TPSA) is 76.8 Å². The maximum absolute atomic E-state index is 12.5. The van der Waals surface area contributed by atoms with Crippen molar-refractivity contribution in [2.24, 2.45) is 0 Å². The van der Waals surface area contributed by atoms with E-state index in [1.54, 1.807) is 19.1 Å². The molecule has 1 aliphatic heterocycles. The SMILES string of the molecule is CC[C@H](C)OC(=O)CN1C(=O)S/C(=C\c2ccc(-c3ccccc3)o2)C1=O. The molecule has 2 heterocycles. The van der Waals surface area contributed by atoms with Crippen LogP contribution >= 0.6 is 11.8 Å². The molecule has 0 radical (unpaired) electrons. The molecule has 6 nitrogen and oxygen atoms in total. The third kappa shape index (κ3) is 4.49. The summed E-state index contributed by atoms with van der Waals surface area (Å²) in [4.78, 5) is 37.5. The zero-order valence-electron chi connectivity index (χ0n) is 15.0. The fourth-order valence-corrected chi connectivity index (χ4v) is 3.25. The number of hydrogen-bond donors (Lipinski definition) is 0. The maximum atomic E-state index is 12.5. The van der Waals surface area contributed by atoms with Crippen molar-refractivity contribution in [2.75, 3.05) is 6.54 Å². The first-order valence-electron chi connectivity index (χ1n) is 8.58. The smallest absolute Gasteiger partial charge is 0.326 e. The molecule has 3 rings (SSSR count). The van der Waals surface area contributed by atoms with Gasteiger partial charge in [0.25, 0.3) is 11.1 Å². The molecule has 1 aliphatic rings. The zero-order valence-corrected chi connectivity index (χ0v) is 15.8. The molecule has 1 aromatic carbocycles. The van der Waals surface area contributed by atoms with Gasteiger partial charge < -0.3 is 9.15 Å². The molecule has 0 saturated carbocycles. The second-order valence-corrected chi connectivity index (χ2v) is 7.04. The third-order valence-electron chi connectivity index (χ3n) is 4.03. The van der Waals surface area contributed by atoms with Crippen LogP contribution in [-0.4, -0.2) is 34.7 Å². The van der Waals surface area contributed by atoms with E-state index in [0.29, 0.717) is 17.9 Å². The van der Waals surface area contributed by atoms with E-state index in [2.05, 4.69) is 0 Å². The van der Waals surface area contributed by atoms with Crippen LogP contribution in [0.4, 0.5) is 4.79 Å². The molecule has 1 saturated heterocycles. The standard InChI is InChI=1S/C20H19NO5S/c1-3-13(2)25-18(22)12-21-19(23)17(27-20(21)24)11-15-9-10-16(26-15)14-7-5-4-6-8-14/h4-11,13H,3,12H2,1-2H3/b17-11-/t13-/m0/s1. The van der Waals surface area contributed by atoms with E-state index in [1.165, 1.54) is 6.08 Å². The fraction of sp³-hybridized carbons (Fsp3) is 0.250. The van der Waals surface area contributed by atoms with Crippen molar-refractivity contribution in [1.82, 2.24) is 4.90 Å². The number of thioether (sulfide) groups is 1. The summed E-state index contributed by atoms with van der Waals surface area (Å²) in [6.07, 6.45) is 1.92. The Morgan fingerprint density at radius 1 is 1.22 bits per heavy atom. The highest BCUT2D eigenvalue weighted by atomic mass is 32.2. The molecule has 140 valence electrons. The fourth-order valence-electron chi connectivity index (χ4n) is 2.43. The molecule has 0 aliphatic carbocycles. The highest BCUT2D eigenvalue weighted by Crippen LogP contribution is 2.33. The van der Waals surface area contributed by atoms with Crippen LogP contribution in [0.25, 0.3) is 17.4 Å². The van der Waals surface area contributed by atoms with Crippen LogP contribution in [-0.2, 0) is 14.3 Å². The molecule has 0 spiro atoms. The summed E-state index contributed by atoms with van der Waals surface area (Å²) >= 11 is 0.779. The van der Waals surface area contributed by atoms with Gasteiger partial charge in [-0.15, -0.1) is 0 Å². The van der Waals surface area contributed by atoms with Crippen molar-refractivity contribution in [1.29, 1.82) is 0 Å². The predicted octanol–water partition coefficient (Wildman–Crippen LogP) is 4.32.